The third-order valence-electron chi connectivity index (χ3n) is 5.47. The fourth-order valence-corrected chi connectivity index (χ4v) is 3.76. The van der Waals surface area contributed by atoms with Crippen molar-refractivity contribution in [3.8, 4) is 0 Å². The van der Waals surface area contributed by atoms with Crippen molar-refractivity contribution in [3.63, 3.8) is 0 Å². The molecule has 0 saturated heterocycles. The van der Waals surface area contributed by atoms with Crippen molar-refractivity contribution in [3.05, 3.63) is 92.3 Å². The van der Waals surface area contributed by atoms with Crippen LogP contribution in [0.25, 0.3) is 11.0 Å². The number of rotatable bonds is 7. The number of aromatic amines is 1. The standard InChI is InChI=1S/C24H24N4O5/c1-15-17-10-6-7-11-18(17)33-20(15)23(30)28(14-16-8-4-3-5-9-16)19-21(25)27(12-13-32-2)24(31)26-22(19)29/h3-11H,12-14,25H2,1-2H3,(H,26,29,31). The van der Waals surface area contributed by atoms with Crippen LogP contribution in [0.1, 0.15) is 21.7 Å². The van der Waals surface area contributed by atoms with Crippen LogP contribution < -0.4 is 21.9 Å². The van der Waals surface area contributed by atoms with Crippen LogP contribution in [-0.2, 0) is 17.8 Å². The second-order valence-electron chi connectivity index (χ2n) is 7.57. The lowest BCUT2D eigenvalue weighted by Crippen LogP contribution is -2.41. The molecule has 4 rings (SSSR count). The second-order valence-corrected chi connectivity index (χ2v) is 7.57. The Morgan fingerprint density at radius 1 is 1.12 bits per heavy atom. The summed E-state index contributed by atoms with van der Waals surface area (Å²) in [6.45, 7) is 2.14. The summed E-state index contributed by atoms with van der Waals surface area (Å²) >= 11 is 0. The third kappa shape index (κ3) is 4.18. The Labute approximate surface area is 189 Å². The minimum absolute atomic E-state index is 0.0475. The van der Waals surface area contributed by atoms with Crippen molar-refractivity contribution in [1.82, 2.24) is 9.55 Å². The van der Waals surface area contributed by atoms with Crippen LogP contribution in [0.15, 0.2) is 68.6 Å². The number of amides is 1. The van der Waals surface area contributed by atoms with E-state index in [1.807, 2.05) is 48.5 Å². The van der Waals surface area contributed by atoms with Gasteiger partial charge in [0.1, 0.15) is 11.4 Å². The van der Waals surface area contributed by atoms with Gasteiger partial charge in [0.2, 0.25) is 0 Å². The molecule has 0 bridgehead atoms. The third-order valence-corrected chi connectivity index (χ3v) is 5.47. The van der Waals surface area contributed by atoms with Gasteiger partial charge in [0.25, 0.3) is 11.5 Å². The number of ether oxygens (including phenoxy) is 1. The molecule has 170 valence electrons. The Morgan fingerprint density at radius 3 is 2.52 bits per heavy atom. The molecule has 0 fully saturated rings. The summed E-state index contributed by atoms with van der Waals surface area (Å²) in [4.78, 5) is 42.5. The van der Waals surface area contributed by atoms with Crippen LogP contribution in [0.3, 0.4) is 0 Å². The predicted octanol–water partition coefficient (Wildman–Crippen LogP) is 2.67. The van der Waals surface area contributed by atoms with Gasteiger partial charge in [-0.25, -0.2) is 4.79 Å². The number of hydrogen-bond donors (Lipinski definition) is 2. The van der Waals surface area contributed by atoms with Crippen LogP contribution in [0.5, 0.6) is 0 Å². The molecule has 2 aromatic carbocycles. The van der Waals surface area contributed by atoms with E-state index < -0.39 is 17.2 Å². The summed E-state index contributed by atoms with van der Waals surface area (Å²) in [5, 5.41) is 0.799. The number of para-hydroxylation sites is 1. The molecule has 9 heteroatoms. The van der Waals surface area contributed by atoms with Crippen molar-refractivity contribution in [2.45, 2.75) is 20.0 Å². The molecular formula is C24H24N4O5. The maximum Gasteiger partial charge on any atom is 0.330 e. The van der Waals surface area contributed by atoms with E-state index in [1.165, 1.54) is 16.6 Å². The molecule has 0 unspecified atom stereocenters. The number of carbonyl (C=O) groups excluding carboxylic acids is 1. The first-order valence-electron chi connectivity index (χ1n) is 10.4. The number of aromatic nitrogens is 2. The number of nitrogen functional groups attached to an aromatic ring is 1. The van der Waals surface area contributed by atoms with Crippen LogP contribution in [0, 0.1) is 6.92 Å². The number of hydrogen-bond acceptors (Lipinski definition) is 6. The van der Waals surface area contributed by atoms with Gasteiger partial charge in [0.05, 0.1) is 19.7 Å². The number of furan rings is 1. The van der Waals surface area contributed by atoms with E-state index in [4.69, 9.17) is 14.9 Å². The highest BCUT2D eigenvalue weighted by molar-refractivity contribution is 6.08. The first kappa shape index (κ1) is 22.1. The number of nitrogens with one attached hydrogen (secondary N) is 1. The Bertz CT molecular complexity index is 1420. The first-order chi connectivity index (χ1) is 15.9. The summed E-state index contributed by atoms with van der Waals surface area (Å²) in [6.07, 6.45) is 0. The average molecular weight is 448 g/mol. The number of nitrogens with two attached hydrogens (primary N) is 1. The highest BCUT2D eigenvalue weighted by Gasteiger charge is 2.29. The minimum atomic E-state index is -0.760. The van der Waals surface area contributed by atoms with Gasteiger partial charge >= 0.3 is 5.69 Å². The van der Waals surface area contributed by atoms with Crippen molar-refractivity contribution in [1.29, 1.82) is 0 Å². The van der Waals surface area contributed by atoms with E-state index in [0.29, 0.717) is 11.1 Å². The van der Waals surface area contributed by atoms with Crippen LogP contribution in [0.2, 0.25) is 0 Å². The smallest absolute Gasteiger partial charge is 0.330 e. The molecule has 0 spiro atoms. The quantitative estimate of drug-likeness (QED) is 0.448. The zero-order valence-electron chi connectivity index (χ0n) is 18.3. The van der Waals surface area contributed by atoms with Gasteiger partial charge in [-0.1, -0.05) is 48.5 Å². The van der Waals surface area contributed by atoms with Crippen LogP contribution >= 0.6 is 0 Å². The molecule has 0 aliphatic rings. The van der Waals surface area contributed by atoms with E-state index in [1.54, 1.807) is 13.0 Å². The molecule has 4 aromatic rings. The minimum Gasteiger partial charge on any atom is -0.451 e. The monoisotopic (exact) mass is 448 g/mol. The largest absolute Gasteiger partial charge is 0.451 e. The van der Waals surface area contributed by atoms with E-state index in [9.17, 15) is 14.4 Å². The molecule has 2 heterocycles. The SMILES string of the molecule is COCCn1c(N)c(N(Cc2ccccc2)C(=O)c2oc3ccccc3c2C)c(=O)[nH]c1=O. The number of benzene rings is 2. The van der Waals surface area contributed by atoms with Crippen LogP contribution in [-0.4, -0.2) is 29.2 Å². The molecule has 1 amide bonds. The second kappa shape index (κ2) is 9.17. The zero-order valence-corrected chi connectivity index (χ0v) is 18.3. The lowest BCUT2D eigenvalue weighted by molar-refractivity contribution is 0.0959. The number of nitrogens with zero attached hydrogens (tertiary/aromatic N) is 2. The molecular weight excluding hydrogens is 424 g/mol. The summed E-state index contributed by atoms with van der Waals surface area (Å²) in [5.74, 6) is -0.568. The summed E-state index contributed by atoms with van der Waals surface area (Å²) in [6, 6.07) is 16.5. The molecule has 0 aliphatic carbocycles. The maximum atomic E-state index is 13.8. The molecule has 0 saturated carbocycles. The van der Waals surface area contributed by atoms with E-state index >= 15 is 0 Å². The molecule has 3 N–H and O–H groups in total. The van der Waals surface area contributed by atoms with Gasteiger partial charge in [0.15, 0.2) is 11.4 Å². The highest BCUT2D eigenvalue weighted by atomic mass is 16.5. The summed E-state index contributed by atoms with van der Waals surface area (Å²) in [5.41, 5.74) is 6.69. The number of carbonyl (C=O) groups is 1. The van der Waals surface area contributed by atoms with Crippen molar-refractivity contribution in [2.75, 3.05) is 24.4 Å². The Morgan fingerprint density at radius 2 is 1.82 bits per heavy atom. The van der Waals surface area contributed by atoms with Gasteiger partial charge in [-0.05, 0) is 18.6 Å². The number of aryl methyl sites for hydroxylation is 1. The van der Waals surface area contributed by atoms with Crippen molar-refractivity contribution < 1.29 is 13.9 Å². The zero-order chi connectivity index (χ0) is 23.5. The van der Waals surface area contributed by atoms with E-state index in [2.05, 4.69) is 4.98 Å². The summed E-state index contributed by atoms with van der Waals surface area (Å²) in [7, 11) is 1.49. The first-order valence-corrected chi connectivity index (χ1v) is 10.4. The van der Waals surface area contributed by atoms with E-state index in [-0.39, 0.29) is 37.0 Å². The van der Waals surface area contributed by atoms with Gasteiger partial charge in [-0.15, -0.1) is 0 Å². The number of H-pyrrole nitrogens is 1. The Kier molecular flexibility index (Phi) is 6.14. The van der Waals surface area contributed by atoms with E-state index in [0.717, 1.165) is 10.9 Å². The lowest BCUT2D eigenvalue weighted by atomic mass is 10.1. The Balaban J connectivity index is 1.89. The topological polar surface area (TPSA) is 124 Å². The fourth-order valence-electron chi connectivity index (χ4n) is 3.76. The molecule has 33 heavy (non-hydrogen) atoms. The normalized spacial score (nSPS) is 11.1. The fraction of sp³-hybridized carbons (Fsp3) is 0.208. The molecule has 9 nitrogen and oxygen atoms in total. The molecule has 2 aromatic heterocycles. The molecule has 0 atom stereocenters. The summed E-state index contributed by atoms with van der Waals surface area (Å²) < 4.78 is 12.1. The van der Waals surface area contributed by atoms with Crippen molar-refractivity contribution in [2.24, 2.45) is 0 Å². The molecule has 0 radical (unpaired) electrons. The average Bonchev–Trinajstić information content (AvgIpc) is 3.15. The van der Waals surface area contributed by atoms with Gasteiger partial charge < -0.3 is 14.9 Å². The number of fused-ring (bicyclic) bond motifs is 1. The number of methoxy groups -OCH3 is 1. The Hall–Kier alpha value is -4.11. The molecule has 0 aliphatic heterocycles. The van der Waals surface area contributed by atoms with Crippen molar-refractivity contribution >= 4 is 28.4 Å². The highest BCUT2D eigenvalue weighted by Crippen LogP contribution is 2.29. The van der Waals surface area contributed by atoms with Crippen LogP contribution in [0.4, 0.5) is 11.5 Å². The predicted molar refractivity (Wildman–Crippen MR) is 126 cm³/mol. The van der Waals surface area contributed by atoms with Gasteiger partial charge in [0, 0.05) is 18.1 Å². The van der Waals surface area contributed by atoms with Gasteiger partial charge in [-0.2, -0.15) is 0 Å². The lowest BCUT2D eigenvalue weighted by Gasteiger charge is -2.24. The maximum absolute atomic E-state index is 13.8. The number of anilines is 2. The van der Waals surface area contributed by atoms with Gasteiger partial charge in [-0.3, -0.25) is 24.0 Å².